The molecule has 3 heterocycles. The Morgan fingerprint density at radius 1 is 1.05 bits per heavy atom. The van der Waals surface area contributed by atoms with Gasteiger partial charge in [0.15, 0.2) is 11.8 Å². The van der Waals surface area contributed by atoms with Crippen molar-refractivity contribution < 1.29 is 28.7 Å². The molecule has 1 aliphatic carbocycles. The van der Waals surface area contributed by atoms with Crippen LogP contribution in [0.15, 0.2) is 30.3 Å². The van der Waals surface area contributed by atoms with E-state index in [2.05, 4.69) is 26.1 Å². The van der Waals surface area contributed by atoms with Gasteiger partial charge in [-0.25, -0.2) is 0 Å². The zero-order valence-electron chi connectivity index (χ0n) is 23.1. The largest absolute Gasteiger partial charge is 0.360 e. The number of H-pyrrole nitrogens is 1. The molecule has 2 saturated heterocycles. The molecule has 1 aromatic heterocycles. The number of carbonyl (C=O) groups is 5. The third-order valence-corrected chi connectivity index (χ3v) is 7.68. The van der Waals surface area contributed by atoms with Gasteiger partial charge in [-0.15, -0.1) is 0 Å². The summed E-state index contributed by atoms with van der Waals surface area (Å²) in [5, 5.41) is 15.3. The van der Waals surface area contributed by atoms with Gasteiger partial charge in [-0.3, -0.25) is 29.1 Å². The average Bonchev–Trinajstić information content (AvgIpc) is 3.59. The van der Waals surface area contributed by atoms with Crippen LogP contribution in [-0.4, -0.2) is 107 Å². The van der Waals surface area contributed by atoms with Crippen LogP contribution in [-0.2, 0) is 43.2 Å². The standard InChI is InChI=1S/C28H35N7O6/c1-16-25(37)29-12-18-13-35(28(40)24-19-9-6-10-20(19)32-33-24)14-22(41-18)26(38)31-21(11-17-7-4-3-5-8-17)27(39)34(2)15-23(36)30-16/h3-5,7-8,16,18,21-22H,6,9-15H2,1-2H3,(H,29,37)(H,30,36)(H,31,38)(H,32,33)/t16-,18+,21-,22-/m1/s1. The van der Waals surface area contributed by atoms with Crippen LogP contribution in [0.4, 0.5) is 0 Å². The SMILES string of the molecule is C[C@H]1NC(=O)CN(C)C(=O)[C@@H](Cc2ccccc2)NC(=O)[C@H]2CN(C(=O)c3n[nH]c4c3CCC4)C[C@H](CNC1=O)O2. The highest BCUT2D eigenvalue weighted by molar-refractivity contribution is 5.96. The first-order valence-electron chi connectivity index (χ1n) is 13.9. The van der Waals surface area contributed by atoms with E-state index < -0.39 is 47.9 Å². The van der Waals surface area contributed by atoms with Crippen molar-refractivity contribution in [2.75, 3.05) is 33.2 Å². The summed E-state index contributed by atoms with van der Waals surface area (Å²) >= 11 is 0. The Labute approximate surface area is 237 Å². The number of morpholine rings is 1. The third-order valence-electron chi connectivity index (χ3n) is 7.68. The maximum Gasteiger partial charge on any atom is 0.274 e. The van der Waals surface area contributed by atoms with Crippen LogP contribution >= 0.6 is 0 Å². The summed E-state index contributed by atoms with van der Waals surface area (Å²) in [4.78, 5) is 68.7. The molecule has 13 heteroatoms. The van der Waals surface area contributed by atoms with Gasteiger partial charge >= 0.3 is 0 Å². The van der Waals surface area contributed by atoms with E-state index in [4.69, 9.17) is 4.74 Å². The number of hydrogen-bond donors (Lipinski definition) is 4. The van der Waals surface area contributed by atoms with Gasteiger partial charge in [0.05, 0.1) is 19.2 Å². The number of rotatable bonds is 3. The number of hydrogen-bond acceptors (Lipinski definition) is 7. The second-order valence-corrected chi connectivity index (χ2v) is 10.8. The molecule has 2 aromatic rings. The van der Waals surface area contributed by atoms with Crippen molar-refractivity contribution >= 4 is 29.5 Å². The Morgan fingerprint density at radius 2 is 1.83 bits per heavy atom. The lowest BCUT2D eigenvalue weighted by atomic mass is 10.0. The lowest BCUT2D eigenvalue weighted by Gasteiger charge is -2.38. The fourth-order valence-electron chi connectivity index (χ4n) is 5.50. The van der Waals surface area contributed by atoms with Crippen molar-refractivity contribution in [2.24, 2.45) is 0 Å². The maximum atomic E-state index is 13.6. The summed E-state index contributed by atoms with van der Waals surface area (Å²) in [7, 11) is 1.46. The molecule has 0 spiro atoms. The van der Waals surface area contributed by atoms with Crippen LogP contribution in [0.25, 0.3) is 0 Å². The Balaban J connectivity index is 1.42. The first-order valence-corrected chi connectivity index (χ1v) is 13.9. The molecular weight excluding hydrogens is 530 g/mol. The van der Waals surface area contributed by atoms with Gasteiger partial charge in [-0.1, -0.05) is 30.3 Å². The molecule has 5 rings (SSSR count). The van der Waals surface area contributed by atoms with Gasteiger partial charge < -0.3 is 30.5 Å². The Hall–Kier alpha value is -4.26. The second kappa shape index (κ2) is 12.1. The van der Waals surface area contributed by atoms with Crippen molar-refractivity contribution in [3.05, 3.63) is 52.8 Å². The van der Waals surface area contributed by atoms with E-state index >= 15 is 0 Å². The first-order chi connectivity index (χ1) is 19.7. The Bertz CT molecular complexity index is 1330. The minimum atomic E-state index is -1.10. The third kappa shape index (κ3) is 6.40. The van der Waals surface area contributed by atoms with Crippen molar-refractivity contribution in [1.29, 1.82) is 0 Å². The van der Waals surface area contributed by atoms with Crippen molar-refractivity contribution in [3.8, 4) is 0 Å². The number of fused-ring (bicyclic) bond motifs is 3. The monoisotopic (exact) mass is 565 g/mol. The van der Waals surface area contributed by atoms with E-state index in [1.807, 2.05) is 30.3 Å². The number of amides is 5. The van der Waals surface area contributed by atoms with E-state index in [-0.39, 0.29) is 38.5 Å². The molecule has 4 atom stereocenters. The number of carbonyl (C=O) groups excluding carboxylic acids is 5. The van der Waals surface area contributed by atoms with Gasteiger partial charge in [-0.2, -0.15) is 5.10 Å². The summed E-state index contributed by atoms with van der Waals surface area (Å²) in [6.45, 7) is 1.33. The minimum Gasteiger partial charge on any atom is -0.360 e. The summed E-state index contributed by atoms with van der Waals surface area (Å²) < 4.78 is 6.07. The van der Waals surface area contributed by atoms with Crippen molar-refractivity contribution in [1.82, 2.24) is 35.9 Å². The number of ether oxygens (including phenoxy) is 1. The van der Waals surface area contributed by atoms with Crippen LogP contribution in [0.3, 0.4) is 0 Å². The lowest BCUT2D eigenvalue weighted by molar-refractivity contribution is -0.148. The quantitative estimate of drug-likeness (QED) is 0.368. The predicted molar refractivity (Wildman–Crippen MR) is 146 cm³/mol. The zero-order chi connectivity index (χ0) is 29.1. The molecule has 13 nitrogen and oxygen atoms in total. The molecule has 2 bridgehead atoms. The molecule has 0 unspecified atom stereocenters. The Morgan fingerprint density at radius 3 is 2.61 bits per heavy atom. The molecule has 218 valence electrons. The minimum absolute atomic E-state index is 0.0115. The molecule has 3 aliphatic rings. The molecular formula is C28H35N7O6. The molecule has 4 N–H and O–H groups in total. The topological polar surface area (TPSA) is 166 Å². The Kier molecular flexibility index (Phi) is 8.34. The normalized spacial score (nSPS) is 25.9. The average molecular weight is 566 g/mol. The van der Waals surface area contributed by atoms with Gasteiger partial charge in [0.2, 0.25) is 17.7 Å². The van der Waals surface area contributed by atoms with E-state index in [1.54, 1.807) is 0 Å². The summed E-state index contributed by atoms with van der Waals surface area (Å²) in [6.07, 6.45) is 0.900. The second-order valence-electron chi connectivity index (χ2n) is 10.8. The molecule has 2 fully saturated rings. The fraction of sp³-hybridized carbons (Fsp3) is 0.500. The van der Waals surface area contributed by atoms with E-state index in [0.717, 1.165) is 36.1 Å². The van der Waals surface area contributed by atoms with Gasteiger partial charge in [0.25, 0.3) is 11.8 Å². The molecule has 1 aromatic carbocycles. The number of aromatic nitrogens is 2. The van der Waals surface area contributed by atoms with Crippen LogP contribution < -0.4 is 16.0 Å². The predicted octanol–water partition coefficient (Wildman–Crippen LogP) is -1.07. The van der Waals surface area contributed by atoms with Gasteiger partial charge in [0, 0.05) is 37.8 Å². The highest BCUT2D eigenvalue weighted by atomic mass is 16.5. The summed E-state index contributed by atoms with van der Waals surface area (Å²) in [5.41, 5.74) is 3.00. The number of aryl methyl sites for hydroxylation is 1. The molecule has 0 saturated carbocycles. The molecule has 2 aliphatic heterocycles. The molecule has 5 amide bonds. The van der Waals surface area contributed by atoms with Crippen LogP contribution in [0, 0.1) is 0 Å². The van der Waals surface area contributed by atoms with E-state index in [1.165, 1.54) is 23.8 Å². The molecule has 41 heavy (non-hydrogen) atoms. The van der Waals surface area contributed by atoms with Crippen LogP contribution in [0.2, 0.25) is 0 Å². The number of likely N-dealkylation sites (N-methyl/N-ethyl adjacent to an activating group) is 1. The molecule has 0 radical (unpaired) electrons. The number of aromatic amines is 1. The number of benzene rings is 1. The van der Waals surface area contributed by atoms with Gasteiger partial charge in [-0.05, 0) is 31.7 Å². The smallest absolute Gasteiger partial charge is 0.274 e. The number of nitrogens with zero attached hydrogens (tertiary/aromatic N) is 3. The lowest BCUT2D eigenvalue weighted by Crippen LogP contribution is -2.59. The van der Waals surface area contributed by atoms with E-state index in [0.29, 0.717) is 5.69 Å². The van der Waals surface area contributed by atoms with E-state index in [9.17, 15) is 24.0 Å². The zero-order valence-corrected chi connectivity index (χ0v) is 23.1. The van der Waals surface area contributed by atoms with Crippen LogP contribution in [0.5, 0.6) is 0 Å². The summed E-state index contributed by atoms with van der Waals surface area (Å²) in [5.74, 6) is -2.33. The highest BCUT2D eigenvalue weighted by Crippen LogP contribution is 2.25. The number of nitrogens with one attached hydrogen (secondary N) is 4. The summed E-state index contributed by atoms with van der Waals surface area (Å²) in [6, 6.07) is 7.34. The maximum absolute atomic E-state index is 13.6. The van der Waals surface area contributed by atoms with Gasteiger partial charge in [0.1, 0.15) is 12.1 Å². The first kappa shape index (κ1) is 28.3. The highest BCUT2D eigenvalue weighted by Gasteiger charge is 2.39. The fourth-order valence-corrected chi connectivity index (χ4v) is 5.50. The van der Waals surface area contributed by atoms with Crippen LogP contribution in [0.1, 0.15) is 40.7 Å². The van der Waals surface area contributed by atoms with Crippen molar-refractivity contribution in [3.63, 3.8) is 0 Å². The van der Waals surface area contributed by atoms with Crippen molar-refractivity contribution in [2.45, 2.75) is 56.9 Å².